The number of halogens is 4. The number of rotatable bonds is 8. The van der Waals surface area contributed by atoms with Gasteiger partial charge in [-0.3, -0.25) is 0 Å². The minimum atomic E-state index is 0.398. The van der Waals surface area contributed by atoms with Crippen LogP contribution in [-0.4, -0.2) is 13.1 Å². The molecular formula is C14H19Cl4N. The summed E-state index contributed by atoms with van der Waals surface area (Å²) in [5, 5.41) is 5.22. The predicted octanol–water partition coefficient (Wildman–Crippen LogP) is 6.01. The van der Waals surface area contributed by atoms with Crippen LogP contribution in [0.15, 0.2) is 6.07 Å². The smallest absolute Gasteiger partial charge is 0.0782 e. The Bertz CT molecular complexity index is 407. The van der Waals surface area contributed by atoms with E-state index < -0.39 is 0 Å². The standard InChI is InChI=1S/C14H19Cl4N/c1-2-19-8-6-4-3-5-7-10-11(15)9-12(16)14(18)13(10)17/h9,19H,2-8H2,1H3. The van der Waals surface area contributed by atoms with E-state index >= 15 is 0 Å². The highest BCUT2D eigenvalue weighted by Crippen LogP contribution is 2.38. The van der Waals surface area contributed by atoms with Gasteiger partial charge in [0.05, 0.1) is 15.1 Å². The molecule has 0 amide bonds. The molecule has 0 atom stereocenters. The van der Waals surface area contributed by atoms with Crippen LogP contribution in [0.2, 0.25) is 20.1 Å². The first kappa shape index (κ1) is 17.4. The fourth-order valence-electron chi connectivity index (χ4n) is 1.92. The largest absolute Gasteiger partial charge is 0.317 e. The lowest BCUT2D eigenvalue weighted by Gasteiger charge is -2.10. The summed E-state index contributed by atoms with van der Waals surface area (Å²) in [5.74, 6) is 0. The SMILES string of the molecule is CCNCCCCCCc1c(Cl)cc(Cl)c(Cl)c1Cl. The van der Waals surface area contributed by atoms with Gasteiger partial charge in [0.1, 0.15) is 0 Å². The van der Waals surface area contributed by atoms with Gasteiger partial charge in [-0.05, 0) is 44.0 Å². The van der Waals surface area contributed by atoms with Crippen molar-refractivity contribution in [2.75, 3.05) is 13.1 Å². The molecule has 0 fully saturated rings. The molecule has 19 heavy (non-hydrogen) atoms. The molecule has 0 heterocycles. The highest BCUT2D eigenvalue weighted by Gasteiger charge is 2.13. The molecule has 0 bridgehead atoms. The van der Waals surface area contributed by atoms with Gasteiger partial charge >= 0.3 is 0 Å². The number of hydrogen-bond donors (Lipinski definition) is 1. The Balaban J connectivity index is 2.39. The van der Waals surface area contributed by atoms with E-state index in [0.717, 1.165) is 37.9 Å². The predicted molar refractivity (Wildman–Crippen MR) is 87.2 cm³/mol. The van der Waals surface area contributed by atoms with Crippen LogP contribution in [0.3, 0.4) is 0 Å². The third kappa shape index (κ3) is 5.69. The molecule has 0 aliphatic heterocycles. The van der Waals surface area contributed by atoms with E-state index in [0.29, 0.717) is 20.1 Å². The molecule has 0 saturated heterocycles. The van der Waals surface area contributed by atoms with Crippen molar-refractivity contribution in [3.8, 4) is 0 Å². The zero-order valence-electron chi connectivity index (χ0n) is 11.0. The molecular weight excluding hydrogens is 324 g/mol. The first-order valence-electron chi connectivity index (χ1n) is 6.60. The van der Waals surface area contributed by atoms with Crippen molar-refractivity contribution in [1.29, 1.82) is 0 Å². The monoisotopic (exact) mass is 341 g/mol. The second-order valence-electron chi connectivity index (χ2n) is 4.46. The van der Waals surface area contributed by atoms with Gasteiger partial charge in [-0.2, -0.15) is 0 Å². The van der Waals surface area contributed by atoms with E-state index in [-0.39, 0.29) is 0 Å². The molecule has 1 N–H and O–H groups in total. The minimum Gasteiger partial charge on any atom is -0.317 e. The third-order valence-electron chi connectivity index (χ3n) is 2.99. The Morgan fingerprint density at radius 1 is 0.895 bits per heavy atom. The van der Waals surface area contributed by atoms with E-state index in [1.165, 1.54) is 12.8 Å². The third-order valence-corrected chi connectivity index (χ3v) is 4.63. The Morgan fingerprint density at radius 3 is 2.26 bits per heavy atom. The van der Waals surface area contributed by atoms with Gasteiger partial charge in [-0.25, -0.2) is 0 Å². The highest BCUT2D eigenvalue weighted by molar-refractivity contribution is 6.49. The van der Waals surface area contributed by atoms with Crippen molar-refractivity contribution < 1.29 is 0 Å². The summed E-state index contributed by atoms with van der Waals surface area (Å²) < 4.78 is 0. The van der Waals surface area contributed by atoms with Crippen molar-refractivity contribution in [2.24, 2.45) is 0 Å². The lowest BCUT2D eigenvalue weighted by molar-refractivity contribution is 0.598. The van der Waals surface area contributed by atoms with E-state index in [2.05, 4.69) is 12.2 Å². The van der Waals surface area contributed by atoms with Gasteiger partial charge in [0.25, 0.3) is 0 Å². The number of nitrogens with one attached hydrogen (secondary N) is 1. The molecule has 0 spiro atoms. The van der Waals surface area contributed by atoms with Gasteiger partial charge in [-0.1, -0.05) is 66.2 Å². The second kappa shape index (κ2) is 9.31. The first-order chi connectivity index (χ1) is 9.07. The normalized spacial score (nSPS) is 11.0. The zero-order chi connectivity index (χ0) is 14.3. The van der Waals surface area contributed by atoms with Crippen LogP contribution in [0, 0.1) is 0 Å². The van der Waals surface area contributed by atoms with Crippen molar-refractivity contribution in [3.63, 3.8) is 0 Å². The summed E-state index contributed by atoms with van der Waals surface area (Å²) in [6.45, 7) is 4.24. The number of hydrogen-bond acceptors (Lipinski definition) is 1. The van der Waals surface area contributed by atoms with E-state index in [1.807, 2.05) is 0 Å². The maximum atomic E-state index is 6.17. The molecule has 1 rings (SSSR count). The fourth-order valence-corrected chi connectivity index (χ4v) is 3.04. The summed E-state index contributed by atoms with van der Waals surface area (Å²) in [4.78, 5) is 0. The average Bonchev–Trinajstić information content (AvgIpc) is 2.38. The Labute approximate surface area is 135 Å². The molecule has 0 radical (unpaired) electrons. The van der Waals surface area contributed by atoms with Gasteiger partial charge in [-0.15, -0.1) is 0 Å². The fraction of sp³-hybridized carbons (Fsp3) is 0.571. The zero-order valence-corrected chi connectivity index (χ0v) is 14.1. The minimum absolute atomic E-state index is 0.398. The van der Waals surface area contributed by atoms with Crippen molar-refractivity contribution in [3.05, 3.63) is 31.7 Å². The second-order valence-corrected chi connectivity index (χ2v) is 6.03. The first-order valence-corrected chi connectivity index (χ1v) is 8.11. The highest BCUT2D eigenvalue weighted by atomic mass is 35.5. The molecule has 0 aromatic heterocycles. The molecule has 0 unspecified atom stereocenters. The summed E-state index contributed by atoms with van der Waals surface area (Å²) in [5.41, 5.74) is 0.907. The van der Waals surface area contributed by atoms with Crippen LogP contribution < -0.4 is 5.32 Å². The molecule has 0 aliphatic carbocycles. The lowest BCUT2D eigenvalue weighted by Crippen LogP contribution is -2.13. The van der Waals surface area contributed by atoms with Crippen molar-refractivity contribution >= 4 is 46.4 Å². The average molecular weight is 343 g/mol. The summed E-state index contributed by atoms with van der Waals surface area (Å²) in [7, 11) is 0. The van der Waals surface area contributed by atoms with Gasteiger partial charge in [0, 0.05) is 5.02 Å². The Morgan fingerprint density at radius 2 is 1.58 bits per heavy atom. The number of unbranched alkanes of at least 4 members (excludes halogenated alkanes) is 3. The Kier molecular flexibility index (Phi) is 8.52. The van der Waals surface area contributed by atoms with Crippen LogP contribution in [0.5, 0.6) is 0 Å². The molecule has 1 aromatic rings. The molecule has 5 heteroatoms. The van der Waals surface area contributed by atoms with Crippen molar-refractivity contribution in [2.45, 2.75) is 39.0 Å². The molecule has 0 aliphatic rings. The topological polar surface area (TPSA) is 12.0 Å². The summed E-state index contributed by atoms with van der Waals surface area (Å²) in [6, 6.07) is 1.66. The molecule has 1 aromatic carbocycles. The van der Waals surface area contributed by atoms with Crippen LogP contribution >= 0.6 is 46.4 Å². The van der Waals surface area contributed by atoms with Gasteiger partial charge in [0.2, 0.25) is 0 Å². The van der Waals surface area contributed by atoms with E-state index in [4.69, 9.17) is 46.4 Å². The van der Waals surface area contributed by atoms with Crippen LogP contribution in [0.25, 0.3) is 0 Å². The Hall–Kier alpha value is 0.340. The summed E-state index contributed by atoms with van der Waals surface area (Å²) in [6.07, 6.45) is 5.48. The summed E-state index contributed by atoms with van der Waals surface area (Å²) >= 11 is 24.3. The van der Waals surface area contributed by atoms with Gasteiger partial charge < -0.3 is 5.32 Å². The number of benzene rings is 1. The van der Waals surface area contributed by atoms with Crippen LogP contribution in [0.4, 0.5) is 0 Å². The maximum Gasteiger partial charge on any atom is 0.0782 e. The quantitative estimate of drug-likeness (QED) is 0.346. The lowest BCUT2D eigenvalue weighted by atomic mass is 10.1. The van der Waals surface area contributed by atoms with E-state index in [9.17, 15) is 0 Å². The van der Waals surface area contributed by atoms with Crippen LogP contribution in [0.1, 0.15) is 38.2 Å². The van der Waals surface area contributed by atoms with E-state index in [1.54, 1.807) is 6.07 Å². The molecule has 108 valence electrons. The van der Waals surface area contributed by atoms with Crippen LogP contribution in [-0.2, 0) is 6.42 Å². The van der Waals surface area contributed by atoms with Gasteiger partial charge in [0.15, 0.2) is 0 Å². The van der Waals surface area contributed by atoms with Crippen molar-refractivity contribution in [1.82, 2.24) is 5.32 Å². The maximum absolute atomic E-state index is 6.17. The molecule has 0 saturated carbocycles. The molecule has 1 nitrogen and oxygen atoms in total.